The highest BCUT2D eigenvalue weighted by Gasteiger charge is 2.30. The summed E-state index contributed by atoms with van der Waals surface area (Å²) in [5, 5.41) is 0. The second-order valence-electron chi connectivity index (χ2n) is 6.60. The molecule has 2 aliphatic heterocycles. The average Bonchev–Trinajstić information content (AvgIpc) is 2.88. The van der Waals surface area contributed by atoms with Gasteiger partial charge in [-0.3, -0.25) is 0 Å². The predicted molar refractivity (Wildman–Crippen MR) is 97.9 cm³/mol. The fourth-order valence-electron chi connectivity index (χ4n) is 3.46. The third kappa shape index (κ3) is 2.24. The Balaban J connectivity index is 1.75. The Hall–Kier alpha value is -2.54. The molecule has 0 saturated carbocycles. The van der Waals surface area contributed by atoms with Gasteiger partial charge in [0.15, 0.2) is 0 Å². The first kappa shape index (κ1) is 14.1. The summed E-state index contributed by atoms with van der Waals surface area (Å²) in [5.41, 5.74) is 7.63. The summed E-state index contributed by atoms with van der Waals surface area (Å²) in [7, 11) is 0. The van der Waals surface area contributed by atoms with E-state index in [0.29, 0.717) is 5.92 Å². The van der Waals surface area contributed by atoms with Crippen LogP contribution in [0.15, 0.2) is 73.5 Å². The van der Waals surface area contributed by atoms with Gasteiger partial charge in [-0.25, -0.2) is 0 Å². The Morgan fingerprint density at radius 3 is 2.43 bits per heavy atom. The molecule has 114 valence electrons. The molecule has 0 aliphatic carbocycles. The van der Waals surface area contributed by atoms with Crippen molar-refractivity contribution < 1.29 is 0 Å². The molecule has 0 fully saturated rings. The van der Waals surface area contributed by atoms with Gasteiger partial charge in [-0.1, -0.05) is 69.0 Å². The van der Waals surface area contributed by atoms with Gasteiger partial charge in [-0.15, -0.1) is 0 Å². The van der Waals surface area contributed by atoms with Crippen LogP contribution < -0.4 is 0 Å². The van der Waals surface area contributed by atoms with E-state index in [0.717, 1.165) is 5.70 Å². The van der Waals surface area contributed by atoms with Crippen molar-refractivity contribution in [3.63, 3.8) is 0 Å². The van der Waals surface area contributed by atoms with Crippen LogP contribution in [0.2, 0.25) is 0 Å². The maximum absolute atomic E-state index is 4.25. The second kappa shape index (κ2) is 5.27. The highest BCUT2D eigenvalue weighted by molar-refractivity contribution is 5.77. The van der Waals surface area contributed by atoms with Crippen molar-refractivity contribution in [2.24, 2.45) is 0 Å². The van der Waals surface area contributed by atoms with Crippen LogP contribution in [-0.4, -0.2) is 4.90 Å². The summed E-state index contributed by atoms with van der Waals surface area (Å²) < 4.78 is 0. The zero-order chi connectivity index (χ0) is 16.0. The normalized spacial score (nSPS) is 18.5. The van der Waals surface area contributed by atoms with Crippen molar-refractivity contribution in [2.75, 3.05) is 0 Å². The second-order valence-corrected chi connectivity index (χ2v) is 6.60. The summed E-state index contributed by atoms with van der Waals surface area (Å²) in [4.78, 5) is 2.25. The molecule has 2 heterocycles. The van der Waals surface area contributed by atoms with Crippen molar-refractivity contribution >= 4 is 5.70 Å². The van der Waals surface area contributed by atoms with Crippen LogP contribution in [0.3, 0.4) is 0 Å². The number of hydrogen-bond acceptors (Lipinski definition) is 1. The van der Waals surface area contributed by atoms with E-state index in [1.807, 2.05) is 0 Å². The van der Waals surface area contributed by atoms with E-state index in [1.54, 1.807) is 0 Å². The van der Waals surface area contributed by atoms with Gasteiger partial charge >= 0.3 is 0 Å². The molecule has 2 aliphatic rings. The van der Waals surface area contributed by atoms with Gasteiger partial charge in [-0.2, -0.15) is 0 Å². The van der Waals surface area contributed by atoms with Crippen LogP contribution in [-0.2, 0) is 0 Å². The molecule has 4 rings (SSSR count). The molecule has 0 radical (unpaired) electrons. The third-order valence-corrected chi connectivity index (χ3v) is 4.85. The summed E-state index contributed by atoms with van der Waals surface area (Å²) >= 11 is 0. The molecule has 1 heteroatoms. The molecule has 2 aromatic rings. The molecule has 1 nitrogen and oxygen atoms in total. The van der Waals surface area contributed by atoms with Gasteiger partial charge in [0, 0.05) is 17.5 Å². The van der Waals surface area contributed by atoms with E-state index in [2.05, 4.69) is 92.2 Å². The van der Waals surface area contributed by atoms with Crippen LogP contribution in [0.1, 0.15) is 42.5 Å². The van der Waals surface area contributed by atoms with Crippen LogP contribution >= 0.6 is 0 Å². The lowest BCUT2D eigenvalue weighted by Crippen LogP contribution is -2.14. The smallest absolute Gasteiger partial charge is 0.0779 e. The monoisotopic (exact) mass is 299 g/mol. The first-order valence-corrected chi connectivity index (χ1v) is 8.22. The number of rotatable bonds is 2. The minimum Gasteiger partial charge on any atom is -0.337 e. The van der Waals surface area contributed by atoms with Gasteiger partial charge in [0.05, 0.1) is 6.04 Å². The van der Waals surface area contributed by atoms with E-state index < -0.39 is 0 Å². The Bertz CT molecular complexity index is 822. The number of hydrogen-bond donors (Lipinski definition) is 0. The fraction of sp³-hybridized carbons (Fsp3) is 0.182. The molecule has 0 bridgehead atoms. The van der Waals surface area contributed by atoms with E-state index in [9.17, 15) is 0 Å². The Morgan fingerprint density at radius 1 is 0.957 bits per heavy atom. The zero-order valence-corrected chi connectivity index (χ0v) is 13.7. The van der Waals surface area contributed by atoms with Gasteiger partial charge in [-0.05, 0) is 40.3 Å². The summed E-state index contributed by atoms with van der Waals surface area (Å²) in [5.74, 6) is 0.570. The molecule has 0 N–H and O–H groups in total. The lowest BCUT2D eigenvalue weighted by Gasteiger charge is -2.23. The van der Waals surface area contributed by atoms with Gasteiger partial charge in [0.25, 0.3) is 0 Å². The fourth-order valence-corrected chi connectivity index (χ4v) is 3.46. The number of fused-ring (bicyclic) bond motifs is 3. The van der Waals surface area contributed by atoms with Crippen molar-refractivity contribution in [1.29, 1.82) is 0 Å². The minimum absolute atomic E-state index is 0.289. The van der Waals surface area contributed by atoms with Gasteiger partial charge in [0.1, 0.15) is 0 Å². The van der Waals surface area contributed by atoms with Crippen LogP contribution in [0, 0.1) is 0 Å². The third-order valence-electron chi connectivity index (χ3n) is 4.85. The SMILES string of the molecule is C=C1c2ccc(-c3ccc(C(C)C)cc3)cc2C2C=CC=CN12. The quantitative estimate of drug-likeness (QED) is 0.668. The average molecular weight is 299 g/mol. The van der Waals surface area contributed by atoms with Crippen LogP contribution in [0.4, 0.5) is 0 Å². The van der Waals surface area contributed by atoms with Gasteiger partial charge < -0.3 is 4.90 Å². The number of benzene rings is 2. The number of nitrogens with zero attached hydrogens (tertiary/aromatic N) is 1. The lowest BCUT2D eigenvalue weighted by molar-refractivity contribution is 0.483. The Morgan fingerprint density at radius 2 is 1.70 bits per heavy atom. The molecule has 2 aromatic carbocycles. The van der Waals surface area contributed by atoms with Crippen LogP contribution in [0.5, 0.6) is 0 Å². The molecule has 1 atom stereocenters. The maximum atomic E-state index is 4.25. The minimum atomic E-state index is 0.289. The first-order chi connectivity index (χ1) is 11.1. The topological polar surface area (TPSA) is 3.24 Å². The molecule has 1 unspecified atom stereocenters. The number of allylic oxidation sites excluding steroid dienone is 2. The van der Waals surface area contributed by atoms with Crippen molar-refractivity contribution in [2.45, 2.75) is 25.8 Å². The Labute approximate surface area is 138 Å². The van der Waals surface area contributed by atoms with E-state index in [4.69, 9.17) is 0 Å². The summed E-state index contributed by atoms with van der Waals surface area (Å²) in [6.45, 7) is 8.71. The largest absolute Gasteiger partial charge is 0.337 e. The lowest BCUT2D eigenvalue weighted by atomic mass is 9.95. The first-order valence-electron chi connectivity index (χ1n) is 8.22. The standard InChI is InChI=1S/C22H21N/c1-15(2)17-7-9-18(10-8-17)19-11-12-20-16(3)23-13-5-4-6-22(23)21(20)14-19/h4-15,22H,3H2,1-2H3. The Kier molecular flexibility index (Phi) is 3.23. The molecule has 23 heavy (non-hydrogen) atoms. The maximum Gasteiger partial charge on any atom is 0.0779 e. The summed E-state index contributed by atoms with van der Waals surface area (Å²) in [6.07, 6.45) is 8.54. The van der Waals surface area contributed by atoms with Crippen LogP contribution in [0.25, 0.3) is 16.8 Å². The van der Waals surface area contributed by atoms with Gasteiger partial charge in [0.2, 0.25) is 0 Å². The molecular formula is C22H21N. The molecular weight excluding hydrogens is 278 g/mol. The molecule has 0 amide bonds. The molecule has 0 spiro atoms. The van der Waals surface area contributed by atoms with E-state index in [-0.39, 0.29) is 6.04 Å². The predicted octanol–water partition coefficient (Wildman–Crippen LogP) is 5.89. The van der Waals surface area contributed by atoms with Crippen molar-refractivity contribution in [3.05, 3.63) is 90.2 Å². The highest BCUT2D eigenvalue weighted by Crippen LogP contribution is 2.44. The zero-order valence-electron chi connectivity index (χ0n) is 13.7. The molecule has 0 aromatic heterocycles. The van der Waals surface area contributed by atoms with Crippen molar-refractivity contribution in [1.82, 2.24) is 4.90 Å². The van der Waals surface area contributed by atoms with Crippen molar-refractivity contribution in [3.8, 4) is 11.1 Å². The molecule has 0 saturated heterocycles. The summed E-state index contributed by atoms with van der Waals surface area (Å²) in [6, 6.07) is 16.0. The highest BCUT2D eigenvalue weighted by atomic mass is 15.2. The van der Waals surface area contributed by atoms with E-state index in [1.165, 1.54) is 27.8 Å². The van der Waals surface area contributed by atoms with E-state index >= 15 is 0 Å².